The number of benzene rings is 2. The van der Waals surface area contributed by atoms with Gasteiger partial charge >= 0.3 is 0 Å². The number of carbonyl (C=O) groups is 1. The van der Waals surface area contributed by atoms with Gasteiger partial charge in [-0.15, -0.1) is 0 Å². The van der Waals surface area contributed by atoms with Crippen molar-refractivity contribution in [3.63, 3.8) is 0 Å². The molecule has 0 unspecified atom stereocenters. The van der Waals surface area contributed by atoms with Gasteiger partial charge in [0.2, 0.25) is 0 Å². The molecule has 24 heavy (non-hydrogen) atoms. The Morgan fingerprint density at radius 1 is 0.875 bits per heavy atom. The molecule has 1 heterocycles. The van der Waals surface area contributed by atoms with Crippen LogP contribution in [-0.4, -0.2) is 36.0 Å². The Morgan fingerprint density at radius 2 is 1.54 bits per heavy atom. The molecule has 1 N–H and O–H groups in total. The van der Waals surface area contributed by atoms with Crippen LogP contribution >= 0.6 is 0 Å². The number of amides is 1. The molecule has 2 aromatic rings. The third kappa shape index (κ3) is 3.05. The highest BCUT2D eigenvalue weighted by atomic mass is 16.2. The maximum absolute atomic E-state index is 13.4. The maximum atomic E-state index is 13.4. The quantitative estimate of drug-likeness (QED) is 0.927. The molecule has 2 fully saturated rings. The molecule has 0 atom stereocenters. The highest BCUT2D eigenvalue weighted by Crippen LogP contribution is 2.30. The molecule has 1 aliphatic carbocycles. The van der Waals surface area contributed by atoms with Crippen molar-refractivity contribution in [2.75, 3.05) is 13.1 Å². The van der Waals surface area contributed by atoms with Crippen LogP contribution in [0.3, 0.4) is 0 Å². The number of piperidine rings is 1. The van der Waals surface area contributed by atoms with E-state index in [1.165, 1.54) is 31.1 Å². The molecule has 1 amide bonds. The van der Waals surface area contributed by atoms with Crippen LogP contribution in [0.1, 0.15) is 48.9 Å². The minimum atomic E-state index is 0.236. The zero-order chi connectivity index (χ0) is 16.4. The summed E-state index contributed by atoms with van der Waals surface area (Å²) in [6.07, 6.45) is 7.02. The molecule has 0 aromatic heterocycles. The van der Waals surface area contributed by atoms with Gasteiger partial charge in [-0.1, -0.05) is 43.2 Å². The normalized spacial score (nSPS) is 19.7. The van der Waals surface area contributed by atoms with E-state index in [0.29, 0.717) is 12.1 Å². The number of nitrogens with one attached hydrogen (secondary N) is 1. The fourth-order valence-corrected chi connectivity index (χ4v) is 4.37. The fourth-order valence-electron chi connectivity index (χ4n) is 4.37. The first kappa shape index (κ1) is 15.6. The molecule has 0 bridgehead atoms. The van der Waals surface area contributed by atoms with Crippen LogP contribution in [0.2, 0.25) is 0 Å². The van der Waals surface area contributed by atoms with Gasteiger partial charge in [0.05, 0.1) is 0 Å². The lowest BCUT2D eigenvalue weighted by Crippen LogP contribution is -2.50. The maximum Gasteiger partial charge on any atom is 0.254 e. The van der Waals surface area contributed by atoms with Crippen molar-refractivity contribution in [2.24, 2.45) is 0 Å². The van der Waals surface area contributed by atoms with Crippen molar-refractivity contribution in [1.29, 1.82) is 0 Å². The van der Waals surface area contributed by atoms with E-state index in [2.05, 4.69) is 34.5 Å². The minimum absolute atomic E-state index is 0.236. The summed E-state index contributed by atoms with van der Waals surface area (Å²) in [5, 5.41) is 5.78. The summed E-state index contributed by atoms with van der Waals surface area (Å²) >= 11 is 0. The second-order valence-electron chi connectivity index (χ2n) is 7.19. The van der Waals surface area contributed by atoms with E-state index in [9.17, 15) is 4.79 Å². The summed E-state index contributed by atoms with van der Waals surface area (Å²) in [6.45, 7) is 2.05. The number of rotatable bonds is 3. The van der Waals surface area contributed by atoms with Gasteiger partial charge in [0.1, 0.15) is 0 Å². The van der Waals surface area contributed by atoms with Crippen LogP contribution in [0.25, 0.3) is 10.8 Å². The van der Waals surface area contributed by atoms with E-state index in [4.69, 9.17) is 0 Å². The van der Waals surface area contributed by atoms with E-state index in [0.717, 1.165) is 36.9 Å². The number of carbonyl (C=O) groups excluding carboxylic acids is 1. The number of fused-ring (bicyclic) bond motifs is 1. The average molecular weight is 322 g/mol. The lowest BCUT2D eigenvalue weighted by Gasteiger charge is -2.39. The number of nitrogens with zero attached hydrogens (tertiary/aromatic N) is 1. The Balaban J connectivity index is 1.65. The van der Waals surface area contributed by atoms with Crippen LogP contribution in [-0.2, 0) is 0 Å². The number of hydrogen-bond donors (Lipinski definition) is 1. The lowest BCUT2D eigenvalue weighted by molar-refractivity contribution is 0.0529. The second-order valence-corrected chi connectivity index (χ2v) is 7.19. The van der Waals surface area contributed by atoms with Crippen LogP contribution in [0, 0.1) is 0 Å². The first-order chi connectivity index (χ1) is 11.8. The van der Waals surface area contributed by atoms with Crippen molar-refractivity contribution in [2.45, 2.75) is 50.6 Å². The Hall–Kier alpha value is -1.87. The Labute approximate surface area is 144 Å². The standard InChI is InChI=1S/C21H26N2O/c24-21(18-10-9-16-5-1-2-6-17(16)15-18)23(19-7-3-4-8-19)20-11-13-22-14-12-20/h1-2,5-6,9-10,15,19-20,22H,3-4,7-8,11-14H2. The van der Waals surface area contributed by atoms with Gasteiger partial charge in [-0.3, -0.25) is 4.79 Å². The molecule has 1 aliphatic heterocycles. The monoisotopic (exact) mass is 322 g/mol. The SMILES string of the molecule is O=C(c1ccc2ccccc2c1)N(C1CCCC1)C1CCNCC1. The predicted molar refractivity (Wildman–Crippen MR) is 98.3 cm³/mol. The molecular weight excluding hydrogens is 296 g/mol. The van der Waals surface area contributed by atoms with Crippen molar-refractivity contribution in [3.05, 3.63) is 48.0 Å². The highest BCUT2D eigenvalue weighted by Gasteiger charge is 2.33. The molecule has 3 heteroatoms. The van der Waals surface area contributed by atoms with E-state index < -0.39 is 0 Å². The van der Waals surface area contributed by atoms with Gasteiger partial charge in [-0.2, -0.15) is 0 Å². The summed E-state index contributed by atoms with van der Waals surface area (Å²) in [7, 11) is 0. The van der Waals surface area contributed by atoms with Crippen LogP contribution in [0.15, 0.2) is 42.5 Å². The summed E-state index contributed by atoms with van der Waals surface area (Å²) in [4.78, 5) is 15.6. The van der Waals surface area contributed by atoms with Crippen molar-refractivity contribution < 1.29 is 4.79 Å². The van der Waals surface area contributed by atoms with Crippen LogP contribution in [0.5, 0.6) is 0 Å². The van der Waals surface area contributed by atoms with Crippen LogP contribution in [0.4, 0.5) is 0 Å². The Morgan fingerprint density at radius 3 is 2.29 bits per heavy atom. The summed E-state index contributed by atoms with van der Waals surface area (Å²) in [5.41, 5.74) is 0.846. The van der Waals surface area contributed by atoms with E-state index in [-0.39, 0.29) is 5.91 Å². The third-order valence-corrected chi connectivity index (χ3v) is 5.65. The van der Waals surface area contributed by atoms with Crippen molar-refractivity contribution >= 4 is 16.7 Å². The molecule has 1 saturated heterocycles. The summed E-state index contributed by atoms with van der Waals surface area (Å²) < 4.78 is 0. The zero-order valence-electron chi connectivity index (χ0n) is 14.2. The first-order valence-corrected chi connectivity index (χ1v) is 9.35. The molecule has 126 valence electrons. The van der Waals surface area contributed by atoms with Crippen LogP contribution < -0.4 is 5.32 Å². The van der Waals surface area contributed by atoms with E-state index in [1.54, 1.807) is 0 Å². The lowest BCUT2D eigenvalue weighted by atomic mass is 9.99. The fraction of sp³-hybridized carbons (Fsp3) is 0.476. The second kappa shape index (κ2) is 6.94. The van der Waals surface area contributed by atoms with Gasteiger partial charge in [-0.25, -0.2) is 0 Å². The molecule has 4 rings (SSSR count). The first-order valence-electron chi connectivity index (χ1n) is 9.35. The highest BCUT2D eigenvalue weighted by molar-refractivity contribution is 5.99. The molecule has 0 radical (unpaired) electrons. The third-order valence-electron chi connectivity index (χ3n) is 5.65. The average Bonchev–Trinajstić information content (AvgIpc) is 3.16. The molecule has 0 spiro atoms. The van der Waals surface area contributed by atoms with Gasteiger partial charge in [0, 0.05) is 17.6 Å². The summed E-state index contributed by atoms with van der Waals surface area (Å²) in [5.74, 6) is 0.236. The smallest absolute Gasteiger partial charge is 0.254 e. The van der Waals surface area contributed by atoms with Gasteiger partial charge < -0.3 is 10.2 Å². The number of hydrogen-bond acceptors (Lipinski definition) is 2. The van der Waals surface area contributed by atoms with Gasteiger partial charge in [0.15, 0.2) is 0 Å². The zero-order valence-corrected chi connectivity index (χ0v) is 14.2. The predicted octanol–water partition coefficient (Wildman–Crippen LogP) is 3.98. The van der Waals surface area contributed by atoms with E-state index >= 15 is 0 Å². The Kier molecular flexibility index (Phi) is 4.52. The molecule has 3 nitrogen and oxygen atoms in total. The molecule has 1 saturated carbocycles. The Bertz CT molecular complexity index is 715. The molecular formula is C21H26N2O. The largest absolute Gasteiger partial charge is 0.333 e. The van der Waals surface area contributed by atoms with Crippen molar-refractivity contribution in [3.8, 4) is 0 Å². The summed E-state index contributed by atoms with van der Waals surface area (Å²) in [6, 6.07) is 15.3. The molecule has 2 aromatic carbocycles. The van der Waals surface area contributed by atoms with Crippen molar-refractivity contribution in [1.82, 2.24) is 10.2 Å². The molecule has 2 aliphatic rings. The van der Waals surface area contributed by atoms with E-state index in [1.807, 2.05) is 18.2 Å². The van der Waals surface area contributed by atoms with Gasteiger partial charge in [0.25, 0.3) is 5.91 Å². The minimum Gasteiger partial charge on any atom is -0.333 e. The topological polar surface area (TPSA) is 32.3 Å². The van der Waals surface area contributed by atoms with Gasteiger partial charge in [-0.05, 0) is 61.7 Å².